The molecule has 1 rings (SSSR count). The van der Waals surface area contributed by atoms with Crippen molar-refractivity contribution in [2.24, 2.45) is 0 Å². The molecule has 1 aromatic rings. The van der Waals surface area contributed by atoms with Crippen LogP contribution in [0.4, 0.5) is 5.69 Å². The molecule has 0 aromatic heterocycles. The van der Waals surface area contributed by atoms with Crippen molar-refractivity contribution in [2.75, 3.05) is 30.7 Å². The fourth-order valence-electron chi connectivity index (χ4n) is 1.59. The fourth-order valence-corrected chi connectivity index (χ4v) is 2.35. The summed E-state index contributed by atoms with van der Waals surface area (Å²) in [7, 11) is -3.40. The molecule has 0 fully saturated rings. The Balaban J connectivity index is 2.68. The summed E-state index contributed by atoms with van der Waals surface area (Å²) in [5.41, 5.74) is 0.517. The van der Waals surface area contributed by atoms with Crippen LogP contribution >= 0.6 is 11.6 Å². The van der Waals surface area contributed by atoms with E-state index in [1.165, 1.54) is 18.2 Å². The van der Waals surface area contributed by atoms with Crippen LogP contribution in [0.25, 0.3) is 0 Å². The average Bonchev–Trinajstić information content (AvgIpc) is 2.39. The fraction of sp³-hybridized carbons (Fsp3) is 0.462. The van der Waals surface area contributed by atoms with Crippen LogP contribution in [0.15, 0.2) is 18.2 Å². The van der Waals surface area contributed by atoms with Crippen LogP contribution in [0.5, 0.6) is 0 Å². The van der Waals surface area contributed by atoms with E-state index in [-0.39, 0.29) is 16.5 Å². The van der Waals surface area contributed by atoms with E-state index >= 15 is 0 Å². The number of ether oxygens (including phenoxy) is 1. The van der Waals surface area contributed by atoms with Crippen molar-refractivity contribution in [3.8, 4) is 0 Å². The number of carbonyl (C=O) groups is 1. The second-order valence-electron chi connectivity index (χ2n) is 4.38. The van der Waals surface area contributed by atoms with Gasteiger partial charge in [0, 0.05) is 25.4 Å². The first-order valence-electron chi connectivity index (χ1n) is 6.46. The lowest BCUT2D eigenvalue weighted by Gasteiger charge is -2.09. The number of halogens is 1. The van der Waals surface area contributed by atoms with Crippen LogP contribution in [-0.2, 0) is 14.8 Å². The van der Waals surface area contributed by atoms with Crippen LogP contribution in [-0.4, -0.2) is 40.3 Å². The van der Waals surface area contributed by atoms with E-state index in [2.05, 4.69) is 10.0 Å². The first kappa shape index (κ1) is 17.7. The molecule has 118 valence electrons. The highest BCUT2D eigenvalue weighted by Gasteiger charge is 2.12. The lowest BCUT2D eigenvalue weighted by Crippen LogP contribution is -2.25. The summed E-state index contributed by atoms with van der Waals surface area (Å²) in [6.45, 7) is 3.57. The molecule has 6 nitrogen and oxygen atoms in total. The van der Waals surface area contributed by atoms with Gasteiger partial charge in [-0.05, 0) is 31.5 Å². The second kappa shape index (κ2) is 8.21. The monoisotopic (exact) mass is 334 g/mol. The number of hydrogen-bond acceptors (Lipinski definition) is 4. The van der Waals surface area contributed by atoms with Crippen LogP contribution < -0.4 is 10.0 Å². The standard InChI is InChI=1S/C13H19ClN2O4S/c1-3-20-8-4-7-15-13(17)11-9-10(5-6-12(11)14)16-21(2,18)19/h5-6,9,16H,3-4,7-8H2,1-2H3,(H,15,17). The third kappa shape index (κ3) is 6.79. The van der Waals surface area contributed by atoms with Crippen LogP contribution in [0.3, 0.4) is 0 Å². The van der Waals surface area contributed by atoms with Gasteiger partial charge in [-0.2, -0.15) is 0 Å². The number of carbonyl (C=O) groups excluding carboxylic acids is 1. The molecule has 1 aromatic carbocycles. The summed E-state index contributed by atoms with van der Waals surface area (Å²) in [6, 6.07) is 4.38. The molecule has 0 aliphatic rings. The molecule has 0 aliphatic carbocycles. The molecule has 0 saturated carbocycles. The lowest BCUT2D eigenvalue weighted by molar-refractivity contribution is 0.0944. The Hall–Kier alpha value is -1.31. The predicted molar refractivity (Wildman–Crippen MR) is 83.4 cm³/mol. The zero-order valence-corrected chi connectivity index (χ0v) is 13.6. The van der Waals surface area contributed by atoms with Crippen molar-refractivity contribution in [1.82, 2.24) is 5.32 Å². The van der Waals surface area contributed by atoms with Gasteiger partial charge >= 0.3 is 0 Å². The molecule has 0 unspecified atom stereocenters. The Labute approximate surface area is 129 Å². The van der Waals surface area contributed by atoms with Gasteiger partial charge < -0.3 is 10.1 Å². The van der Waals surface area contributed by atoms with E-state index in [1.54, 1.807) is 0 Å². The molecule has 0 aliphatic heterocycles. The van der Waals surface area contributed by atoms with Gasteiger partial charge in [-0.15, -0.1) is 0 Å². The highest BCUT2D eigenvalue weighted by Crippen LogP contribution is 2.21. The van der Waals surface area contributed by atoms with Gasteiger partial charge in [0.05, 0.1) is 16.8 Å². The smallest absolute Gasteiger partial charge is 0.252 e. The zero-order valence-electron chi connectivity index (χ0n) is 12.0. The summed E-state index contributed by atoms with van der Waals surface area (Å²) in [4.78, 5) is 12.0. The minimum Gasteiger partial charge on any atom is -0.382 e. The topological polar surface area (TPSA) is 84.5 Å². The Morgan fingerprint density at radius 3 is 2.71 bits per heavy atom. The number of nitrogens with one attached hydrogen (secondary N) is 2. The summed E-state index contributed by atoms with van der Waals surface area (Å²) in [5, 5.41) is 2.97. The van der Waals surface area contributed by atoms with Gasteiger partial charge in [0.1, 0.15) is 0 Å². The van der Waals surface area contributed by atoms with Crippen molar-refractivity contribution in [1.29, 1.82) is 0 Å². The summed E-state index contributed by atoms with van der Waals surface area (Å²) in [6.07, 6.45) is 1.73. The molecule has 1 amide bonds. The van der Waals surface area contributed by atoms with Crippen molar-refractivity contribution < 1.29 is 17.9 Å². The normalized spacial score (nSPS) is 11.2. The maximum atomic E-state index is 12.0. The number of rotatable bonds is 8. The van der Waals surface area contributed by atoms with E-state index in [0.717, 1.165) is 6.26 Å². The Bertz CT molecular complexity index is 590. The SMILES string of the molecule is CCOCCCNC(=O)c1cc(NS(C)(=O)=O)ccc1Cl. The van der Waals surface area contributed by atoms with Crippen LogP contribution in [0.2, 0.25) is 5.02 Å². The predicted octanol–water partition coefficient (Wildman–Crippen LogP) is 1.87. The molecule has 0 saturated heterocycles. The highest BCUT2D eigenvalue weighted by atomic mass is 35.5. The molecule has 8 heteroatoms. The molecular formula is C13H19ClN2O4S. The second-order valence-corrected chi connectivity index (χ2v) is 6.53. The van der Waals surface area contributed by atoms with Gasteiger partial charge in [-0.25, -0.2) is 8.42 Å². The third-order valence-electron chi connectivity index (χ3n) is 2.47. The molecule has 0 spiro atoms. The number of sulfonamides is 1. The van der Waals surface area contributed by atoms with Gasteiger partial charge in [-0.1, -0.05) is 11.6 Å². The molecular weight excluding hydrogens is 316 g/mol. The molecule has 0 atom stereocenters. The first-order valence-corrected chi connectivity index (χ1v) is 8.73. The Kier molecular flexibility index (Phi) is 6.94. The number of benzene rings is 1. The first-order chi connectivity index (χ1) is 9.83. The van der Waals surface area contributed by atoms with Crippen LogP contribution in [0, 0.1) is 0 Å². The molecule has 2 N–H and O–H groups in total. The Morgan fingerprint density at radius 2 is 2.10 bits per heavy atom. The number of hydrogen-bond donors (Lipinski definition) is 2. The largest absolute Gasteiger partial charge is 0.382 e. The van der Waals surface area contributed by atoms with Gasteiger partial charge in [0.2, 0.25) is 10.0 Å². The van der Waals surface area contributed by atoms with Gasteiger partial charge in [0.15, 0.2) is 0 Å². The maximum absolute atomic E-state index is 12.0. The zero-order chi connectivity index (χ0) is 15.9. The van der Waals surface area contributed by atoms with E-state index in [9.17, 15) is 13.2 Å². The average molecular weight is 335 g/mol. The van der Waals surface area contributed by atoms with Gasteiger partial charge in [-0.3, -0.25) is 9.52 Å². The highest BCUT2D eigenvalue weighted by molar-refractivity contribution is 7.92. The van der Waals surface area contributed by atoms with Crippen molar-refractivity contribution in [3.63, 3.8) is 0 Å². The molecule has 0 heterocycles. The summed E-state index contributed by atoms with van der Waals surface area (Å²) >= 11 is 5.96. The third-order valence-corrected chi connectivity index (χ3v) is 3.41. The quantitative estimate of drug-likeness (QED) is 0.711. The molecule has 21 heavy (non-hydrogen) atoms. The van der Waals surface area contributed by atoms with E-state index in [4.69, 9.17) is 16.3 Å². The van der Waals surface area contributed by atoms with E-state index in [0.29, 0.717) is 31.9 Å². The summed E-state index contributed by atoms with van der Waals surface area (Å²) < 4.78 is 29.8. The van der Waals surface area contributed by atoms with Crippen molar-refractivity contribution in [2.45, 2.75) is 13.3 Å². The minimum absolute atomic E-state index is 0.224. The van der Waals surface area contributed by atoms with Gasteiger partial charge in [0.25, 0.3) is 5.91 Å². The minimum atomic E-state index is -3.40. The molecule has 0 bridgehead atoms. The molecule has 0 radical (unpaired) electrons. The number of amides is 1. The van der Waals surface area contributed by atoms with E-state index in [1.807, 2.05) is 6.92 Å². The number of anilines is 1. The Morgan fingerprint density at radius 1 is 1.38 bits per heavy atom. The van der Waals surface area contributed by atoms with Crippen LogP contribution in [0.1, 0.15) is 23.7 Å². The van der Waals surface area contributed by atoms with E-state index < -0.39 is 10.0 Å². The lowest BCUT2D eigenvalue weighted by atomic mass is 10.2. The van der Waals surface area contributed by atoms with Crippen molar-refractivity contribution >= 4 is 33.2 Å². The van der Waals surface area contributed by atoms with Crippen molar-refractivity contribution in [3.05, 3.63) is 28.8 Å². The summed E-state index contributed by atoms with van der Waals surface area (Å²) in [5.74, 6) is -0.353. The maximum Gasteiger partial charge on any atom is 0.252 e.